The van der Waals surface area contributed by atoms with Crippen molar-refractivity contribution in [2.75, 3.05) is 5.32 Å². The average molecular weight is 491 g/mol. The standard InChI is InChI=1S/C34H26N4/c1-3-10-23(11-4-1)26-21-35-34(36-22-26)25-14-9-15-27(18-25)37-32-20-33-30(28-16-7-8-17-31(28)38-33)19-29(32)24-12-5-2-6-13-24/h1-22,34-35,37-38H. The molecule has 5 aromatic carbocycles. The van der Waals surface area contributed by atoms with Gasteiger partial charge in [0.1, 0.15) is 6.17 Å². The van der Waals surface area contributed by atoms with Crippen LogP contribution in [0.5, 0.6) is 0 Å². The third kappa shape index (κ3) is 4.12. The molecule has 0 saturated carbocycles. The number of fused-ring (bicyclic) bond motifs is 3. The molecule has 0 amide bonds. The molecule has 0 radical (unpaired) electrons. The molecule has 1 aliphatic rings. The lowest BCUT2D eigenvalue weighted by Crippen LogP contribution is -2.18. The largest absolute Gasteiger partial charge is 0.366 e. The first-order valence-electron chi connectivity index (χ1n) is 12.8. The van der Waals surface area contributed by atoms with Gasteiger partial charge >= 0.3 is 0 Å². The number of para-hydroxylation sites is 1. The molecule has 0 bridgehead atoms. The second-order valence-electron chi connectivity index (χ2n) is 9.54. The van der Waals surface area contributed by atoms with Crippen LogP contribution in [0.1, 0.15) is 17.3 Å². The Labute approximate surface area is 221 Å². The number of hydrogen-bond donors (Lipinski definition) is 3. The van der Waals surface area contributed by atoms with Gasteiger partial charge in [0.05, 0.1) is 0 Å². The van der Waals surface area contributed by atoms with Crippen molar-refractivity contribution >= 4 is 45.0 Å². The minimum absolute atomic E-state index is 0.131. The molecular formula is C34H26N4. The summed E-state index contributed by atoms with van der Waals surface area (Å²) in [4.78, 5) is 8.39. The highest BCUT2D eigenvalue weighted by Crippen LogP contribution is 2.37. The fraction of sp³-hybridized carbons (Fsp3) is 0.0294. The number of nitrogens with one attached hydrogen (secondary N) is 3. The van der Waals surface area contributed by atoms with Crippen LogP contribution in [0, 0.1) is 0 Å². The monoisotopic (exact) mass is 490 g/mol. The molecule has 2 heterocycles. The second kappa shape index (κ2) is 9.41. The van der Waals surface area contributed by atoms with E-state index in [0.29, 0.717) is 0 Å². The van der Waals surface area contributed by atoms with Crippen molar-refractivity contribution in [3.8, 4) is 11.1 Å². The molecule has 182 valence electrons. The molecule has 0 aliphatic carbocycles. The van der Waals surface area contributed by atoms with Crippen molar-refractivity contribution < 1.29 is 0 Å². The Bertz CT molecular complexity index is 1810. The molecule has 4 nitrogen and oxygen atoms in total. The molecule has 4 heteroatoms. The van der Waals surface area contributed by atoms with E-state index in [4.69, 9.17) is 4.99 Å². The van der Waals surface area contributed by atoms with Crippen LogP contribution in [0.4, 0.5) is 11.4 Å². The van der Waals surface area contributed by atoms with E-state index in [1.807, 2.05) is 30.6 Å². The summed E-state index contributed by atoms with van der Waals surface area (Å²) in [7, 11) is 0. The SMILES string of the molecule is C1=NC(c2cccc(Nc3cc4[nH]c5ccccc5c4cc3-c3ccccc3)c2)NC=C1c1ccccc1. The summed E-state index contributed by atoms with van der Waals surface area (Å²) in [6.45, 7) is 0. The quantitative estimate of drug-likeness (QED) is 0.227. The number of allylic oxidation sites excluding steroid dienone is 1. The maximum atomic E-state index is 4.80. The fourth-order valence-corrected chi connectivity index (χ4v) is 5.17. The highest BCUT2D eigenvalue weighted by atomic mass is 15.1. The van der Waals surface area contributed by atoms with Gasteiger partial charge in [0.2, 0.25) is 0 Å². The van der Waals surface area contributed by atoms with Crippen LogP contribution >= 0.6 is 0 Å². The Morgan fingerprint density at radius 1 is 0.632 bits per heavy atom. The topological polar surface area (TPSA) is 52.2 Å². The zero-order valence-electron chi connectivity index (χ0n) is 20.7. The smallest absolute Gasteiger partial charge is 0.144 e. The molecule has 3 N–H and O–H groups in total. The average Bonchev–Trinajstić information content (AvgIpc) is 3.35. The number of H-pyrrole nitrogens is 1. The number of aromatic nitrogens is 1. The Morgan fingerprint density at radius 2 is 1.39 bits per heavy atom. The molecule has 1 unspecified atom stereocenters. The minimum atomic E-state index is -0.131. The first-order chi connectivity index (χ1) is 18.8. The lowest BCUT2D eigenvalue weighted by molar-refractivity contribution is 0.655. The number of rotatable bonds is 5. The van der Waals surface area contributed by atoms with Gasteiger partial charge in [-0.05, 0) is 47.0 Å². The third-order valence-electron chi connectivity index (χ3n) is 7.08. The van der Waals surface area contributed by atoms with Crippen LogP contribution in [0.3, 0.4) is 0 Å². The highest BCUT2D eigenvalue weighted by Gasteiger charge is 2.15. The van der Waals surface area contributed by atoms with Gasteiger partial charge in [0.25, 0.3) is 0 Å². The van der Waals surface area contributed by atoms with Gasteiger partial charge in [-0.25, -0.2) is 0 Å². The molecule has 1 aromatic heterocycles. The molecule has 7 rings (SSSR count). The van der Waals surface area contributed by atoms with E-state index in [-0.39, 0.29) is 6.17 Å². The number of anilines is 2. The van der Waals surface area contributed by atoms with Crippen LogP contribution < -0.4 is 10.6 Å². The van der Waals surface area contributed by atoms with Crippen LogP contribution in [-0.4, -0.2) is 11.2 Å². The summed E-state index contributed by atoms with van der Waals surface area (Å²) < 4.78 is 0. The van der Waals surface area contributed by atoms with E-state index in [0.717, 1.165) is 44.7 Å². The molecule has 1 atom stereocenters. The lowest BCUT2D eigenvalue weighted by atomic mass is 10.00. The Morgan fingerprint density at radius 3 is 2.18 bits per heavy atom. The molecule has 1 aliphatic heterocycles. The maximum absolute atomic E-state index is 4.80. The zero-order valence-corrected chi connectivity index (χ0v) is 20.7. The highest BCUT2D eigenvalue weighted by molar-refractivity contribution is 6.11. The summed E-state index contributed by atoms with van der Waals surface area (Å²) in [5.41, 5.74) is 10.00. The Kier molecular flexibility index (Phi) is 5.48. The summed E-state index contributed by atoms with van der Waals surface area (Å²) in [6, 6.07) is 42.3. The Hall–Kier alpha value is -5.09. The number of hydrogen-bond acceptors (Lipinski definition) is 3. The first-order valence-corrected chi connectivity index (χ1v) is 12.8. The maximum Gasteiger partial charge on any atom is 0.144 e. The van der Waals surface area contributed by atoms with E-state index in [2.05, 4.69) is 119 Å². The van der Waals surface area contributed by atoms with Gasteiger partial charge in [0.15, 0.2) is 0 Å². The number of aromatic amines is 1. The van der Waals surface area contributed by atoms with Crippen LogP contribution in [0.2, 0.25) is 0 Å². The minimum Gasteiger partial charge on any atom is -0.366 e. The van der Waals surface area contributed by atoms with Crippen LogP contribution in [0.15, 0.2) is 133 Å². The van der Waals surface area contributed by atoms with Crippen molar-refractivity contribution in [1.29, 1.82) is 0 Å². The summed E-state index contributed by atoms with van der Waals surface area (Å²) in [5, 5.41) is 9.62. The predicted octanol–water partition coefficient (Wildman–Crippen LogP) is 8.45. The van der Waals surface area contributed by atoms with Crippen molar-refractivity contribution in [2.45, 2.75) is 6.17 Å². The molecule has 0 saturated heterocycles. The van der Waals surface area contributed by atoms with Crippen LogP contribution in [-0.2, 0) is 0 Å². The molecule has 38 heavy (non-hydrogen) atoms. The lowest BCUT2D eigenvalue weighted by Gasteiger charge is -2.20. The summed E-state index contributed by atoms with van der Waals surface area (Å²) in [6.07, 6.45) is 3.87. The normalized spacial score (nSPS) is 14.8. The van der Waals surface area contributed by atoms with Gasteiger partial charge in [-0.2, -0.15) is 0 Å². The predicted molar refractivity (Wildman–Crippen MR) is 160 cm³/mol. The van der Waals surface area contributed by atoms with Crippen LogP contribution in [0.25, 0.3) is 38.5 Å². The van der Waals surface area contributed by atoms with E-state index in [1.165, 1.54) is 16.3 Å². The van der Waals surface area contributed by atoms with Gasteiger partial charge in [-0.1, -0.05) is 91.0 Å². The summed E-state index contributed by atoms with van der Waals surface area (Å²) >= 11 is 0. The molecule has 0 fully saturated rings. The Balaban J connectivity index is 1.23. The summed E-state index contributed by atoms with van der Waals surface area (Å²) in [5.74, 6) is 0. The fourth-order valence-electron chi connectivity index (χ4n) is 5.17. The van der Waals surface area contributed by atoms with Crippen molar-refractivity contribution in [3.05, 3.63) is 139 Å². The molecule has 0 spiro atoms. The van der Waals surface area contributed by atoms with Crippen molar-refractivity contribution in [1.82, 2.24) is 10.3 Å². The van der Waals surface area contributed by atoms with E-state index < -0.39 is 0 Å². The van der Waals surface area contributed by atoms with Gasteiger partial charge in [-0.3, -0.25) is 4.99 Å². The van der Waals surface area contributed by atoms with Gasteiger partial charge in [-0.15, -0.1) is 0 Å². The molecular weight excluding hydrogens is 464 g/mol. The second-order valence-corrected chi connectivity index (χ2v) is 9.54. The van der Waals surface area contributed by atoms with E-state index in [1.54, 1.807) is 0 Å². The third-order valence-corrected chi connectivity index (χ3v) is 7.08. The number of benzene rings is 5. The van der Waals surface area contributed by atoms with Gasteiger partial charge in [0, 0.05) is 56.7 Å². The van der Waals surface area contributed by atoms with Gasteiger partial charge < -0.3 is 15.6 Å². The number of nitrogens with zero attached hydrogens (tertiary/aromatic N) is 1. The molecule has 6 aromatic rings. The first kappa shape index (κ1) is 22.1. The number of aliphatic imine (C=N–C) groups is 1. The van der Waals surface area contributed by atoms with Crippen molar-refractivity contribution in [2.24, 2.45) is 4.99 Å². The zero-order chi connectivity index (χ0) is 25.3. The van der Waals surface area contributed by atoms with E-state index in [9.17, 15) is 0 Å². The van der Waals surface area contributed by atoms with E-state index >= 15 is 0 Å². The van der Waals surface area contributed by atoms with Crippen molar-refractivity contribution in [3.63, 3.8) is 0 Å².